The normalized spacial score (nSPS) is 15.3. The number of amides is 1. The minimum atomic E-state index is -0.00419. The van der Waals surface area contributed by atoms with Crippen LogP contribution in [0.1, 0.15) is 29.6 Å². The van der Waals surface area contributed by atoms with Crippen LogP contribution in [0.15, 0.2) is 24.3 Å². The van der Waals surface area contributed by atoms with Crippen molar-refractivity contribution in [3.8, 4) is 0 Å². The van der Waals surface area contributed by atoms with E-state index >= 15 is 0 Å². The van der Waals surface area contributed by atoms with Crippen molar-refractivity contribution in [3.05, 3.63) is 29.8 Å². The molecule has 1 fully saturated rings. The number of rotatable bonds is 4. The summed E-state index contributed by atoms with van der Waals surface area (Å²) in [5.41, 5.74) is 4.01. The Kier molecular flexibility index (Phi) is 3.41. The second-order valence-corrected chi connectivity index (χ2v) is 4.23. The zero-order chi connectivity index (χ0) is 11.4. The zero-order valence-corrected chi connectivity index (χ0v) is 9.20. The molecule has 0 spiro atoms. The van der Waals surface area contributed by atoms with Gasteiger partial charge in [0, 0.05) is 17.8 Å². The van der Waals surface area contributed by atoms with Gasteiger partial charge in [-0.3, -0.25) is 10.6 Å². The number of nitrogens with two attached hydrogens (primary N) is 1. The summed E-state index contributed by atoms with van der Waals surface area (Å²) in [5, 5.41) is 2.95. The molecule has 0 heterocycles. The second kappa shape index (κ2) is 4.99. The molecule has 1 aromatic rings. The van der Waals surface area contributed by atoms with Crippen LogP contribution in [-0.4, -0.2) is 12.5 Å². The Bertz CT molecular complexity index is 357. The molecule has 86 valence electrons. The molecular weight excluding hydrogens is 202 g/mol. The van der Waals surface area contributed by atoms with Crippen molar-refractivity contribution < 1.29 is 4.79 Å². The van der Waals surface area contributed by atoms with Crippen LogP contribution in [0.3, 0.4) is 0 Å². The van der Waals surface area contributed by atoms with Crippen LogP contribution < -0.4 is 16.6 Å². The van der Waals surface area contributed by atoms with Crippen molar-refractivity contribution in [1.82, 2.24) is 5.32 Å². The van der Waals surface area contributed by atoms with E-state index in [1.807, 2.05) is 0 Å². The number of hydrogen-bond acceptors (Lipinski definition) is 3. The SMILES string of the molecule is NNc1ccc(C(=O)NCC2CCC2)cc1. The molecule has 1 aliphatic carbocycles. The molecule has 4 heteroatoms. The third-order valence-electron chi connectivity index (χ3n) is 3.09. The molecule has 1 aromatic carbocycles. The minimum absolute atomic E-state index is 0.00419. The predicted molar refractivity (Wildman–Crippen MR) is 63.9 cm³/mol. The first-order valence-electron chi connectivity index (χ1n) is 5.64. The van der Waals surface area contributed by atoms with Gasteiger partial charge in [0.1, 0.15) is 0 Å². The lowest BCUT2D eigenvalue weighted by atomic mass is 9.85. The molecule has 1 saturated carbocycles. The summed E-state index contributed by atoms with van der Waals surface area (Å²) in [6.45, 7) is 0.801. The van der Waals surface area contributed by atoms with Crippen molar-refractivity contribution in [2.45, 2.75) is 19.3 Å². The Morgan fingerprint density at radius 3 is 2.50 bits per heavy atom. The number of nitrogen functional groups attached to an aromatic ring is 1. The molecule has 0 aromatic heterocycles. The van der Waals surface area contributed by atoms with Gasteiger partial charge in [-0.1, -0.05) is 6.42 Å². The van der Waals surface area contributed by atoms with E-state index in [9.17, 15) is 4.79 Å². The largest absolute Gasteiger partial charge is 0.352 e. The number of carbonyl (C=O) groups excluding carboxylic acids is 1. The molecule has 4 nitrogen and oxygen atoms in total. The van der Waals surface area contributed by atoms with E-state index in [4.69, 9.17) is 5.84 Å². The molecule has 0 atom stereocenters. The Hall–Kier alpha value is -1.55. The van der Waals surface area contributed by atoms with Gasteiger partial charge in [-0.05, 0) is 43.0 Å². The number of hydrogen-bond donors (Lipinski definition) is 3. The highest BCUT2D eigenvalue weighted by Gasteiger charge is 2.18. The topological polar surface area (TPSA) is 67.1 Å². The highest BCUT2D eigenvalue weighted by Crippen LogP contribution is 2.25. The highest BCUT2D eigenvalue weighted by atomic mass is 16.1. The van der Waals surface area contributed by atoms with E-state index in [0.29, 0.717) is 11.5 Å². The lowest BCUT2D eigenvalue weighted by Gasteiger charge is -2.25. The van der Waals surface area contributed by atoms with Gasteiger partial charge < -0.3 is 10.7 Å². The highest BCUT2D eigenvalue weighted by molar-refractivity contribution is 5.94. The third-order valence-corrected chi connectivity index (χ3v) is 3.09. The fourth-order valence-corrected chi connectivity index (χ4v) is 1.75. The van der Waals surface area contributed by atoms with Gasteiger partial charge in [0.05, 0.1) is 0 Å². The van der Waals surface area contributed by atoms with Crippen molar-refractivity contribution in [3.63, 3.8) is 0 Å². The summed E-state index contributed by atoms with van der Waals surface area (Å²) in [6, 6.07) is 7.12. The fraction of sp³-hybridized carbons (Fsp3) is 0.417. The standard InChI is InChI=1S/C12H17N3O/c13-15-11-6-4-10(5-7-11)12(16)14-8-9-2-1-3-9/h4-7,9,15H,1-3,8,13H2,(H,14,16). The van der Waals surface area contributed by atoms with Crippen LogP contribution in [0.5, 0.6) is 0 Å². The average molecular weight is 219 g/mol. The lowest BCUT2D eigenvalue weighted by Crippen LogP contribution is -2.32. The molecule has 0 saturated heterocycles. The molecular formula is C12H17N3O. The van der Waals surface area contributed by atoms with Crippen molar-refractivity contribution in [2.75, 3.05) is 12.0 Å². The summed E-state index contributed by atoms with van der Waals surface area (Å²) in [6.07, 6.45) is 3.80. The Labute approximate surface area is 95.2 Å². The van der Waals surface area contributed by atoms with E-state index in [1.165, 1.54) is 19.3 Å². The van der Waals surface area contributed by atoms with Crippen LogP contribution in [-0.2, 0) is 0 Å². The first kappa shape index (κ1) is 11.0. The van der Waals surface area contributed by atoms with Crippen molar-refractivity contribution >= 4 is 11.6 Å². The van der Waals surface area contributed by atoms with E-state index in [-0.39, 0.29) is 5.91 Å². The quantitative estimate of drug-likeness (QED) is 0.531. The zero-order valence-electron chi connectivity index (χ0n) is 9.20. The Balaban J connectivity index is 1.86. The first-order chi connectivity index (χ1) is 7.79. The van der Waals surface area contributed by atoms with Crippen LogP contribution in [0.25, 0.3) is 0 Å². The van der Waals surface area contributed by atoms with E-state index in [2.05, 4.69) is 10.7 Å². The monoisotopic (exact) mass is 219 g/mol. The Morgan fingerprint density at radius 1 is 1.31 bits per heavy atom. The lowest BCUT2D eigenvalue weighted by molar-refractivity contribution is 0.0939. The maximum atomic E-state index is 11.7. The van der Waals surface area contributed by atoms with E-state index < -0.39 is 0 Å². The summed E-state index contributed by atoms with van der Waals surface area (Å²) in [5.74, 6) is 5.93. The summed E-state index contributed by atoms with van der Waals surface area (Å²) >= 11 is 0. The molecule has 0 aliphatic heterocycles. The van der Waals surface area contributed by atoms with Crippen LogP contribution >= 0.6 is 0 Å². The molecule has 4 N–H and O–H groups in total. The molecule has 0 radical (unpaired) electrons. The summed E-state index contributed by atoms with van der Waals surface area (Å²) in [4.78, 5) is 11.7. The molecule has 0 bridgehead atoms. The first-order valence-corrected chi connectivity index (χ1v) is 5.64. The van der Waals surface area contributed by atoms with Gasteiger partial charge in [-0.25, -0.2) is 0 Å². The summed E-state index contributed by atoms with van der Waals surface area (Å²) < 4.78 is 0. The molecule has 2 rings (SSSR count). The summed E-state index contributed by atoms with van der Waals surface area (Å²) in [7, 11) is 0. The predicted octanol–water partition coefficient (Wildman–Crippen LogP) is 1.50. The van der Waals surface area contributed by atoms with Crippen LogP contribution in [0.2, 0.25) is 0 Å². The van der Waals surface area contributed by atoms with Gasteiger partial charge in [-0.2, -0.15) is 0 Å². The second-order valence-electron chi connectivity index (χ2n) is 4.23. The smallest absolute Gasteiger partial charge is 0.251 e. The molecule has 1 amide bonds. The van der Waals surface area contributed by atoms with Crippen LogP contribution in [0.4, 0.5) is 5.69 Å². The van der Waals surface area contributed by atoms with Gasteiger partial charge >= 0.3 is 0 Å². The molecule has 16 heavy (non-hydrogen) atoms. The number of nitrogens with one attached hydrogen (secondary N) is 2. The van der Waals surface area contributed by atoms with Crippen molar-refractivity contribution in [2.24, 2.45) is 11.8 Å². The van der Waals surface area contributed by atoms with Gasteiger partial charge in [-0.15, -0.1) is 0 Å². The number of anilines is 1. The fourth-order valence-electron chi connectivity index (χ4n) is 1.75. The minimum Gasteiger partial charge on any atom is -0.352 e. The number of hydrazine groups is 1. The maximum absolute atomic E-state index is 11.7. The third kappa shape index (κ3) is 2.52. The molecule has 1 aliphatic rings. The van der Waals surface area contributed by atoms with Gasteiger partial charge in [0.15, 0.2) is 0 Å². The Morgan fingerprint density at radius 2 is 2.00 bits per heavy atom. The average Bonchev–Trinajstić information content (AvgIpc) is 2.27. The number of benzene rings is 1. The molecule has 0 unspecified atom stereocenters. The van der Waals surface area contributed by atoms with Gasteiger partial charge in [0.2, 0.25) is 0 Å². The van der Waals surface area contributed by atoms with E-state index in [1.54, 1.807) is 24.3 Å². The number of carbonyl (C=O) groups is 1. The van der Waals surface area contributed by atoms with Crippen LogP contribution in [0, 0.1) is 5.92 Å². The maximum Gasteiger partial charge on any atom is 0.251 e. The van der Waals surface area contributed by atoms with Crippen molar-refractivity contribution in [1.29, 1.82) is 0 Å². The van der Waals surface area contributed by atoms with E-state index in [0.717, 1.165) is 12.2 Å². The van der Waals surface area contributed by atoms with Gasteiger partial charge in [0.25, 0.3) is 5.91 Å².